The minimum atomic E-state index is -0.367. The van der Waals surface area contributed by atoms with Crippen molar-refractivity contribution in [2.75, 3.05) is 20.3 Å². The summed E-state index contributed by atoms with van der Waals surface area (Å²) in [6.07, 6.45) is 7.86. The van der Waals surface area contributed by atoms with Crippen LogP contribution in [-0.4, -0.2) is 55.2 Å². The van der Waals surface area contributed by atoms with E-state index in [9.17, 15) is 4.79 Å². The molecule has 1 amide bonds. The average molecular weight is 368 g/mol. The average Bonchev–Trinajstić information content (AvgIpc) is 2.48. The maximum Gasteiger partial charge on any atom is 0.237 e. The molecule has 3 heterocycles. The molecule has 0 aromatic heterocycles. The van der Waals surface area contributed by atoms with Crippen LogP contribution in [0.5, 0.6) is 0 Å². The van der Waals surface area contributed by atoms with Crippen LogP contribution in [0.25, 0.3) is 0 Å². The van der Waals surface area contributed by atoms with Gasteiger partial charge in [0.1, 0.15) is 0 Å². The lowest BCUT2D eigenvalue weighted by molar-refractivity contribution is -0.125. The number of carbonyl (C=O) groups is 1. The van der Waals surface area contributed by atoms with Gasteiger partial charge in [-0.3, -0.25) is 4.79 Å². The largest absolute Gasteiger partial charge is 0.381 e. The summed E-state index contributed by atoms with van der Waals surface area (Å²) in [5, 5.41) is 3.23. The summed E-state index contributed by atoms with van der Waals surface area (Å²) in [7, 11) is 2.24. The molecule has 3 rings (SSSR count). The fraction of sp³-hybridized carbons (Fsp3) is 0.938. The molecule has 0 spiro atoms. The maximum absolute atomic E-state index is 12.4. The first-order valence-corrected chi connectivity index (χ1v) is 8.51. The van der Waals surface area contributed by atoms with Crippen LogP contribution in [0.3, 0.4) is 0 Å². The summed E-state index contributed by atoms with van der Waals surface area (Å²) in [5.74, 6) is 0.332. The molecule has 3 aliphatic heterocycles. The summed E-state index contributed by atoms with van der Waals surface area (Å²) >= 11 is 0. The Labute approximate surface area is 151 Å². The third kappa shape index (κ3) is 4.95. The second-order valence-electron chi connectivity index (χ2n) is 7.06. The zero-order valence-electron chi connectivity index (χ0n) is 13.9. The van der Waals surface area contributed by atoms with E-state index >= 15 is 0 Å². The fourth-order valence-corrected chi connectivity index (χ4v) is 4.32. The van der Waals surface area contributed by atoms with Crippen molar-refractivity contribution < 1.29 is 9.53 Å². The van der Waals surface area contributed by atoms with Gasteiger partial charge in [0.05, 0.1) is 6.04 Å². The molecule has 3 unspecified atom stereocenters. The van der Waals surface area contributed by atoms with Crippen LogP contribution in [0.15, 0.2) is 0 Å². The first-order valence-electron chi connectivity index (χ1n) is 8.51. The number of amides is 1. The number of rotatable bonds is 3. The van der Waals surface area contributed by atoms with Crippen molar-refractivity contribution in [3.63, 3.8) is 0 Å². The molecule has 0 saturated carbocycles. The van der Waals surface area contributed by atoms with Gasteiger partial charge in [-0.1, -0.05) is 6.42 Å². The number of ether oxygens (including phenoxy) is 1. The number of halogens is 2. The van der Waals surface area contributed by atoms with Crippen LogP contribution in [0.2, 0.25) is 0 Å². The van der Waals surface area contributed by atoms with Gasteiger partial charge in [0, 0.05) is 31.3 Å². The quantitative estimate of drug-likeness (QED) is 0.796. The number of fused-ring (bicyclic) bond motifs is 2. The standard InChI is InChI=1S/C16H29N3O2.2ClH/c1-19-13-3-2-4-14(19)10-12(9-13)18-16(20)15(17)11-5-7-21-8-6-11;;/h11-15H,2-10,17H2,1H3,(H,18,20);2*1H. The highest BCUT2D eigenvalue weighted by Gasteiger charge is 2.37. The van der Waals surface area contributed by atoms with E-state index in [0.29, 0.717) is 18.1 Å². The number of carbonyl (C=O) groups excluding carboxylic acids is 1. The van der Waals surface area contributed by atoms with Crippen molar-refractivity contribution in [1.29, 1.82) is 0 Å². The Hall–Kier alpha value is -0.0700. The maximum atomic E-state index is 12.4. The molecular formula is C16H31Cl2N3O2. The topological polar surface area (TPSA) is 67.6 Å². The number of nitrogens with zero attached hydrogens (tertiary/aromatic N) is 1. The van der Waals surface area contributed by atoms with Crippen LogP contribution >= 0.6 is 24.8 Å². The molecule has 3 fully saturated rings. The van der Waals surface area contributed by atoms with E-state index in [0.717, 1.165) is 38.9 Å². The molecule has 3 aliphatic rings. The minimum Gasteiger partial charge on any atom is -0.381 e. The van der Waals surface area contributed by atoms with Crippen molar-refractivity contribution in [2.24, 2.45) is 11.7 Å². The van der Waals surface area contributed by atoms with Crippen LogP contribution in [0.4, 0.5) is 0 Å². The van der Waals surface area contributed by atoms with E-state index in [1.54, 1.807) is 0 Å². The molecule has 3 N–H and O–H groups in total. The van der Waals surface area contributed by atoms with Crippen LogP contribution in [-0.2, 0) is 9.53 Å². The smallest absolute Gasteiger partial charge is 0.237 e. The summed E-state index contributed by atoms with van der Waals surface area (Å²) < 4.78 is 5.35. The van der Waals surface area contributed by atoms with Crippen LogP contribution in [0.1, 0.15) is 44.9 Å². The molecule has 3 atom stereocenters. The predicted octanol–water partition coefficient (Wildman–Crippen LogP) is 1.72. The van der Waals surface area contributed by atoms with Gasteiger partial charge >= 0.3 is 0 Å². The molecule has 136 valence electrons. The third-order valence-corrected chi connectivity index (χ3v) is 5.76. The second kappa shape index (κ2) is 9.42. The van der Waals surface area contributed by atoms with Gasteiger partial charge in [-0.2, -0.15) is 0 Å². The van der Waals surface area contributed by atoms with Crippen molar-refractivity contribution in [2.45, 2.75) is 69.1 Å². The van der Waals surface area contributed by atoms with Crippen molar-refractivity contribution >= 4 is 30.7 Å². The molecule has 0 aliphatic carbocycles. The van der Waals surface area contributed by atoms with Gasteiger partial charge in [-0.05, 0) is 51.5 Å². The molecule has 2 bridgehead atoms. The zero-order chi connectivity index (χ0) is 14.8. The van der Waals surface area contributed by atoms with Gasteiger partial charge in [-0.15, -0.1) is 24.8 Å². The first-order chi connectivity index (χ1) is 10.1. The highest BCUT2D eigenvalue weighted by Crippen LogP contribution is 2.32. The van der Waals surface area contributed by atoms with E-state index in [1.807, 2.05) is 0 Å². The Morgan fingerprint density at radius 1 is 1.13 bits per heavy atom. The van der Waals surface area contributed by atoms with E-state index in [2.05, 4.69) is 17.3 Å². The summed E-state index contributed by atoms with van der Waals surface area (Å²) in [6, 6.07) is 1.23. The summed E-state index contributed by atoms with van der Waals surface area (Å²) in [5.41, 5.74) is 6.17. The lowest BCUT2D eigenvalue weighted by Gasteiger charge is -2.47. The Morgan fingerprint density at radius 3 is 2.26 bits per heavy atom. The molecular weight excluding hydrogens is 337 g/mol. The molecule has 0 radical (unpaired) electrons. The number of hydrogen-bond acceptors (Lipinski definition) is 4. The normalized spacial score (nSPS) is 33.0. The van der Waals surface area contributed by atoms with Crippen molar-refractivity contribution in [3.05, 3.63) is 0 Å². The first kappa shape index (κ1) is 21.0. The predicted molar refractivity (Wildman–Crippen MR) is 96.4 cm³/mol. The van der Waals surface area contributed by atoms with Gasteiger partial charge in [0.15, 0.2) is 0 Å². The molecule has 0 aromatic rings. The Morgan fingerprint density at radius 2 is 1.70 bits per heavy atom. The van der Waals surface area contributed by atoms with Crippen LogP contribution in [0, 0.1) is 5.92 Å². The highest BCUT2D eigenvalue weighted by atomic mass is 35.5. The minimum absolute atomic E-state index is 0. The van der Waals surface area contributed by atoms with Gasteiger partial charge in [0.2, 0.25) is 5.91 Å². The SMILES string of the molecule is CN1C2CCCC1CC(NC(=O)C(N)C1CCOCC1)C2.Cl.Cl. The Bertz CT molecular complexity index is 366. The highest BCUT2D eigenvalue weighted by molar-refractivity contribution is 5.85. The number of piperidine rings is 2. The Balaban J connectivity index is 0.00000132. The molecule has 5 nitrogen and oxygen atoms in total. The van der Waals surface area contributed by atoms with Gasteiger partial charge < -0.3 is 20.7 Å². The number of nitrogens with two attached hydrogens (primary N) is 1. The lowest BCUT2D eigenvalue weighted by Crippen LogP contribution is -2.57. The van der Waals surface area contributed by atoms with Crippen LogP contribution < -0.4 is 11.1 Å². The van der Waals surface area contributed by atoms with E-state index in [-0.39, 0.29) is 42.7 Å². The van der Waals surface area contributed by atoms with E-state index < -0.39 is 0 Å². The molecule has 23 heavy (non-hydrogen) atoms. The molecule has 7 heteroatoms. The summed E-state index contributed by atoms with van der Waals surface area (Å²) in [6.45, 7) is 1.48. The van der Waals surface area contributed by atoms with Gasteiger partial charge in [-0.25, -0.2) is 0 Å². The van der Waals surface area contributed by atoms with Gasteiger partial charge in [0.25, 0.3) is 0 Å². The monoisotopic (exact) mass is 367 g/mol. The third-order valence-electron chi connectivity index (χ3n) is 5.76. The number of nitrogens with one attached hydrogen (secondary N) is 1. The summed E-state index contributed by atoms with van der Waals surface area (Å²) in [4.78, 5) is 14.9. The molecule has 0 aromatic carbocycles. The fourth-order valence-electron chi connectivity index (χ4n) is 4.32. The second-order valence-corrected chi connectivity index (χ2v) is 7.06. The van der Waals surface area contributed by atoms with Crippen molar-refractivity contribution in [3.8, 4) is 0 Å². The van der Waals surface area contributed by atoms with E-state index in [4.69, 9.17) is 10.5 Å². The zero-order valence-corrected chi connectivity index (χ0v) is 15.5. The van der Waals surface area contributed by atoms with E-state index in [1.165, 1.54) is 19.3 Å². The molecule has 3 saturated heterocycles. The van der Waals surface area contributed by atoms with Crippen molar-refractivity contribution in [1.82, 2.24) is 10.2 Å². The number of hydrogen-bond donors (Lipinski definition) is 2. The lowest BCUT2D eigenvalue weighted by atomic mass is 9.82. The Kier molecular flexibility index (Phi) is 8.59.